The number of rotatable bonds is 6. The predicted octanol–water partition coefficient (Wildman–Crippen LogP) is 5.26. The molecule has 0 spiro atoms. The van der Waals surface area contributed by atoms with E-state index >= 15 is 0 Å². The molecule has 0 heterocycles. The lowest BCUT2D eigenvalue weighted by molar-refractivity contribution is -0.118. The van der Waals surface area contributed by atoms with Gasteiger partial charge in [0, 0.05) is 22.0 Å². The molecule has 0 aromatic heterocycles. The van der Waals surface area contributed by atoms with Crippen LogP contribution in [0, 0.1) is 0 Å². The topological polar surface area (TPSA) is 67.4 Å². The number of hydrogen-bond donors (Lipinski definition) is 2. The molecular formula is C21H16Cl2N2O3. The van der Waals surface area contributed by atoms with E-state index in [0.29, 0.717) is 32.7 Å². The van der Waals surface area contributed by atoms with Gasteiger partial charge < -0.3 is 15.4 Å². The van der Waals surface area contributed by atoms with E-state index < -0.39 is 0 Å². The van der Waals surface area contributed by atoms with E-state index in [2.05, 4.69) is 10.6 Å². The predicted molar refractivity (Wildman–Crippen MR) is 111 cm³/mol. The minimum absolute atomic E-state index is 0.170. The van der Waals surface area contributed by atoms with Crippen molar-refractivity contribution in [2.45, 2.75) is 0 Å². The monoisotopic (exact) mass is 414 g/mol. The van der Waals surface area contributed by atoms with Gasteiger partial charge in [-0.25, -0.2) is 0 Å². The average Bonchev–Trinajstić information content (AvgIpc) is 2.69. The summed E-state index contributed by atoms with van der Waals surface area (Å²) >= 11 is 11.9. The fraction of sp³-hybridized carbons (Fsp3) is 0.0476. The summed E-state index contributed by atoms with van der Waals surface area (Å²) in [5, 5.41) is 6.41. The van der Waals surface area contributed by atoms with Gasteiger partial charge in [-0.2, -0.15) is 0 Å². The summed E-state index contributed by atoms with van der Waals surface area (Å²) in [5.41, 5.74) is 1.63. The Morgan fingerprint density at radius 3 is 2.18 bits per heavy atom. The van der Waals surface area contributed by atoms with Crippen molar-refractivity contribution in [2.75, 3.05) is 17.2 Å². The lowest BCUT2D eigenvalue weighted by Crippen LogP contribution is -2.20. The van der Waals surface area contributed by atoms with Crippen LogP contribution in [0.1, 0.15) is 10.4 Å². The normalized spacial score (nSPS) is 10.2. The first-order chi connectivity index (χ1) is 13.5. The van der Waals surface area contributed by atoms with Crippen LogP contribution in [-0.2, 0) is 4.79 Å². The Bertz CT molecular complexity index is 991. The third-order valence-corrected chi connectivity index (χ3v) is 4.26. The zero-order valence-corrected chi connectivity index (χ0v) is 16.1. The van der Waals surface area contributed by atoms with Gasteiger partial charge in [-0.05, 0) is 54.6 Å². The summed E-state index contributed by atoms with van der Waals surface area (Å²) < 4.78 is 5.39. The van der Waals surface area contributed by atoms with E-state index in [0.717, 1.165) is 0 Å². The highest BCUT2D eigenvalue weighted by Crippen LogP contribution is 2.23. The van der Waals surface area contributed by atoms with Crippen LogP contribution in [0.25, 0.3) is 0 Å². The number of benzene rings is 3. The second kappa shape index (κ2) is 9.26. The first-order valence-electron chi connectivity index (χ1n) is 8.35. The molecule has 142 valence electrons. The van der Waals surface area contributed by atoms with Crippen LogP contribution in [0.15, 0.2) is 72.8 Å². The molecule has 0 radical (unpaired) electrons. The third kappa shape index (κ3) is 5.49. The first kappa shape index (κ1) is 19.7. The Labute approximate surface area is 172 Å². The molecule has 0 saturated carbocycles. The number of hydrogen-bond acceptors (Lipinski definition) is 3. The minimum Gasteiger partial charge on any atom is -0.482 e. The maximum Gasteiger partial charge on any atom is 0.262 e. The highest BCUT2D eigenvalue weighted by atomic mass is 35.5. The van der Waals surface area contributed by atoms with E-state index in [1.54, 1.807) is 72.8 Å². The van der Waals surface area contributed by atoms with Gasteiger partial charge in [0.1, 0.15) is 5.75 Å². The molecule has 0 saturated heterocycles. The molecule has 3 aromatic carbocycles. The molecule has 0 atom stereocenters. The van der Waals surface area contributed by atoms with Gasteiger partial charge in [-0.3, -0.25) is 9.59 Å². The molecule has 5 nitrogen and oxygen atoms in total. The van der Waals surface area contributed by atoms with Gasteiger partial charge in [-0.15, -0.1) is 0 Å². The zero-order chi connectivity index (χ0) is 19.9. The second-order valence-electron chi connectivity index (χ2n) is 5.81. The highest BCUT2D eigenvalue weighted by molar-refractivity contribution is 6.32. The number of carbonyl (C=O) groups excluding carboxylic acids is 2. The van der Waals surface area contributed by atoms with E-state index in [-0.39, 0.29) is 18.4 Å². The Kier molecular flexibility index (Phi) is 6.53. The van der Waals surface area contributed by atoms with Crippen LogP contribution < -0.4 is 15.4 Å². The second-order valence-corrected chi connectivity index (χ2v) is 6.65. The van der Waals surface area contributed by atoms with Crippen LogP contribution in [0.3, 0.4) is 0 Å². The van der Waals surface area contributed by atoms with Crippen LogP contribution in [0.2, 0.25) is 10.0 Å². The molecule has 28 heavy (non-hydrogen) atoms. The van der Waals surface area contributed by atoms with Crippen molar-refractivity contribution < 1.29 is 14.3 Å². The molecule has 0 aliphatic rings. The van der Waals surface area contributed by atoms with Crippen LogP contribution >= 0.6 is 23.2 Å². The summed E-state index contributed by atoms with van der Waals surface area (Å²) in [7, 11) is 0. The molecule has 0 fully saturated rings. The third-order valence-electron chi connectivity index (χ3n) is 3.71. The summed E-state index contributed by atoms with van der Waals surface area (Å²) in [6.45, 7) is -0.170. The summed E-state index contributed by atoms with van der Waals surface area (Å²) in [6, 6.07) is 20.3. The highest BCUT2D eigenvalue weighted by Gasteiger charge is 2.08. The molecule has 7 heteroatoms. The van der Waals surface area contributed by atoms with Gasteiger partial charge in [0.15, 0.2) is 6.61 Å². The number of nitrogens with one attached hydrogen (secondary N) is 2. The van der Waals surface area contributed by atoms with Gasteiger partial charge in [-0.1, -0.05) is 41.4 Å². The molecule has 2 amide bonds. The molecule has 0 aliphatic heterocycles. The SMILES string of the molecule is O=C(COc1ccccc1Cl)Nc1ccc(NC(=O)c2cccc(Cl)c2)cc1. The Morgan fingerprint density at radius 1 is 0.821 bits per heavy atom. The van der Waals surface area contributed by atoms with Crippen molar-refractivity contribution in [1.82, 2.24) is 0 Å². The van der Waals surface area contributed by atoms with Gasteiger partial charge >= 0.3 is 0 Å². The Hall–Kier alpha value is -3.02. The van der Waals surface area contributed by atoms with Gasteiger partial charge in [0.2, 0.25) is 0 Å². The molecular weight excluding hydrogens is 399 g/mol. The van der Waals surface area contributed by atoms with Crippen LogP contribution in [0.5, 0.6) is 5.75 Å². The number of halogens is 2. The lowest BCUT2D eigenvalue weighted by atomic mass is 10.2. The standard InChI is InChI=1S/C21H16Cl2N2O3/c22-15-5-3-4-14(12-15)21(27)25-17-10-8-16(9-11-17)24-20(26)13-28-19-7-2-1-6-18(19)23/h1-12H,13H2,(H,24,26)(H,25,27). The smallest absolute Gasteiger partial charge is 0.262 e. The fourth-order valence-corrected chi connectivity index (χ4v) is 2.75. The Morgan fingerprint density at radius 2 is 1.50 bits per heavy atom. The van der Waals surface area contributed by atoms with Crippen LogP contribution in [-0.4, -0.2) is 18.4 Å². The van der Waals surface area contributed by atoms with Gasteiger partial charge in [0.05, 0.1) is 5.02 Å². The molecule has 3 rings (SSSR count). The van der Waals surface area contributed by atoms with E-state index in [1.165, 1.54) is 0 Å². The van der Waals surface area contributed by atoms with E-state index in [9.17, 15) is 9.59 Å². The van der Waals surface area contributed by atoms with Crippen molar-refractivity contribution in [3.05, 3.63) is 88.4 Å². The lowest BCUT2D eigenvalue weighted by Gasteiger charge is -2.10. The first-order valence-corrected chi connectivity index (χ1v) is 9.11. The number of carbonyl (C=O) groups is 2. The van der Waals surface area contributed by atoms with Crippen molar-refractivity contribution in [3.63, 3.8) is 0 Å². The minimum atomic E-state index is -0.323. The number of para-hydroxylation sites is 1. The molecule has 3 aromatic rings. The molecule has 0 unspecified atom stereocenters. The van der Waals surface area contributed by atoms with Crippen molar-refractivity contribution in [2.24, 2.45) is 0 Å². The molecule has 0 bridgehead atoms. The molecule has 2 N–H and O–H groups in total. The molecule has 0 aliphatic carbocycles. The van der Waals surface area contributed by atoms with E-state index in [1.807, 2.05) is 0 Å². The summed E-state index contributed by atoms with van der Waals surface area (Å²) in [5.74, 6) is -0.151. The Balaban J connectivity index is 1.53. The maximum atomic E-state index is 12.2. The van der Waals surface area contributed by atoms with E-state index in [4.69, 9.17) is 27.9 Å². The van der Waals surface area contributed by atoms with Crippen LogP contribution in [0.4, 0.5) is 11.4 Å². The van der Waals surface area contributed by atoms with Crippen molar-refractivity contribution in [1.29, 1.82) is 0 Å². The fourth-order valence-electron chi connectivity index (χ4n) is 2.37. The quantitative estimate of drug-likeness (QED) is 0.577. The number of ether oxygens (including phenoxy) is 1. The largest absolute Gasteiger partial charge is 0.482 e. The maximum absolute atomic E-state index is 12.2. The summed E-state index contributed by atoms with van der Waals surface area (Å²) in [6.07, 6.45) is 0. The van der Waals surface area contributed by atoms with Crippen molar-refractivity contribution in [3.8, 4) is 5.75 Å². The summed E-state index contributed by atoms with van der Waals surface area (Å²) in [4.78, 5) is 24.2. The zero-order valence-electron chi connectivity index (χ0n) is 14.6. The number of anilines is 2. The van der Waals surface area contributed by atoms with Crippen molar-refractivity contribution >= 4 is 46.4 Å². The number of amides is 2. The average molecular weight is 415 g/mol. The van der Waals surface area contributed by atoms with Gasteiger partial charge in [0.25, 0.3) is 11.8 Å².